The van der Waals surface area contributed by atoms with Crippen molar-refractivity contribution in [1.82, 2.24) is 4.31 Å². The van der Waals surface area contributed by atoms with Gasteiger partial charge in [-0.25, -0.2) is 13.2 Å². The Balaban J connectivity index is 1.82. The molecular formula is C21H25F3N2O6S. The van der Waals surface area contributed by atoms with E-state index >= 15 is 0 Å². The van der Waals surface area contributed by atoms with E-state index in [1.54, 1.807) is 6.92 Å². The minimum absolute atomic E-state index is 0.0312. The molecule has 8 nitrogen and oxygen atoms in total. The molecule has 182 valence electrons. The van der Waals surface area contributed by atoms with E-state index in [0.717, 1.165) is 29.8 Å². The second-order valence-corrected chi connectivity index (χ2v) is 10.3. The summed E-state index contributed by atoms with van der Waals surface area (Å²) in [5, 5.41) is 13.6. The molecule has 0 aliphatic carbocycles. The van der Waals surface area contributed by atoms with Crippen molar-refractivity contribution < 1.29 is 41.1 Å². The van der Waals surface area contributed by atoms with E-state index in [1.807, 2.05) is 6.92 Å². The Morgan fingerprint density at radius 3 is 2.30 bits per heavy atom. The van der Waals surface area contributed by atoms with Crippen molar-refractivity contribution in [1.29, 1.82) is 0 Å². The average molecular weight is 491 g/mol. The summed E-state index contributed by atoms with van der Waals surface area (Å²) >= 11 is 0. The van der Waals surface area contributed by atoms with Crippen molar-refractivity contribution in [2.75, 3.05) is 13.1 Å². The van der Waals surface area contributed by atoms with Crippen molar-refractivity contribution in [3.8, 4) is 5.75 Å². The van der Waals surface area contributed by atoms with Gasteiger partial charge in [0.2, 0.25) is 10.0 Å². The van der Waals surface area contributed by atoms with Gasteiger partial charge < -0.3 is 14.7 Å². The van der Waals surface area contributed by atoms with Crippen molar-refractivity contribution in [2.45, 2.75) is 56.4 Å². The van der Waals surface area contributed by atoms with Crippen LogP contribution < -0.4 is 4.74 Å². The van der Waals surface area contributed by atoms with Gasteiger partial charge in [0.05, 0.1) is 10.3 Å². The summed E-state index contributed by atoms with van der Waals surface area (Å²) in [5.74, 6) is -1.71. The largest absolute Gasteiger partial charge is 0.573 e. The van der Waals surface area contributed by atoms with Crippen LogP contribution in [0.2, 0.25) is 0 Å². The third-order valence-electron chi connectivity index (χ3n) is 6.27. The zero-order valence-electron chi connectivity index (χ0n) is 18.2. The summed E-state index contributed by atoms with van der Waals surface area (Å²) in [5.41, 5.74) is -1.28. The van der Waals surface area contributed by atoms with Crippen molar-refractivity contribution >= 4 is 21.7 Å². The number of carbonyl (C=O) groups is 1. The van der Waals surface area contributed by atoms with E-state index < -0.39 is 39.1 Å². The van der Waals surface area contributed by atoms with Gasteiger partial charge in [-0.05, 0) is 44.0 Å². The molecule has 0 radical (unpaired) electrons. The number of oxime groups is 1. The van der Waals surface area contributed by atoms with E-state index in [4.69, 9.17) is 4.84 Å². The third kappa shape index (κ3) is 4.58. The van der Waals surface area contributed by atoms with Crippen LogP contribution in [0.3, 0.4) is 0 Å². The van der Waals surface area contributed by atoms with Gasteiger partial charge in [-0.15, -0.1) is 19.8 Å². The van der Waals surface area contributed by atoms with Crippen LogP contribution in [0.4, 0.5) is 13.2 Å². The molecule has 1 unspecified atom stereocenters. The fourth-order valence-corrected chi connectivity index (χ4v) is 6.20. The highest BCUT2D eigenvalue weighted by Gasteiger charge is 2.63. The van der Waals surface area contributed by atoms with Gasteiger partial charge in [-0.2, -0.15) is 4.31 Å². The van der Waals surface area contributed by atoms with Crippen LogP contribution in [0.1, 0.15) is 39.5 Å². The number of nitrogens with zero attached hydrogens (tertiary/aromatic N) is 2. The van der Waals surface area contributed by atoms with Crippen molar-refractivity contribution in [2.24, 2.45) is 10.6 Å². The second kappa shape index (κ2) is 8.64. The molecule has 1 atom stereocenters. The molecule has 1 aromatic carbocycles. The van der Waals surface area contributed by atoms with E-state index in [-0.39, 0.29) is 36.5 Å². The Labute approximate surface area is 189 Å². The first-order chi connectivity index (χ1) is 15.3. The Kier molecular flexibility index (Phi) is 6.55. The molecule has 33 heavy (non-hydrogen) atoms. The van der Waals surface area contributed by atoms with Gasteiger partial charge in [0.25, 0.3) is 0 Å². The molecule has 0 amide bonds. The van der Waals surface area contributed by atoms with E-state index in [0.29, 0.717) is 12.8 Å². The fourth-order valence-electron chi connectivity index (χ4n) is 4.76. The number of benzene rings is 1. The molecule has 0 aromatic heterocycles. The Bertz CT molecular complexity index is 1060. The molecule has 0 saturated carbocycles. The van der Waals surface area contributed by atoms with E-state index in [9.17, 15) is 31.5 Å². The second-order valence-electron chi connectivity index (χ2n) is 8.32. The summed E-state index contributed by atoms with van der Waals surface area (Å²) < 4.78 is 68.1. The lowest BCUT2D eigenvalue weighted by atomic mass is 9.61. The highest BCUT2D eigenvalue weighted by Crippen LogP contribution is 2.53. The van der Waals surface area contributed by atoms with Gasteiger partial charge in [-0.3, -0.25) is 0 Å². The van der Waals surface area contributed by atoms with Crippen LogP contribution >= 0.6 is 0 Å². The van der Waals surface area contributed by atoms with Gasteiger partial charge >= 0.3 is 12.3 Å². The minimum Gasteiger partial charge on any atom is -0.477 e. The number of rotatable bonds is 7. The van der Waals surface area contributed by atoms with Gasteiger partial charge in [0.1, 0.15) is 5.75 Å². The third-order valence-corrected chi connectivity index (χ3v) is 8.18. The topological polar surface area (TPSA) is 106 Å². The van der Waals surface area contributed by atoms with Gasteiger partial charge in [0.15, 0.2) is 11.3 Å². The monoisotopic (exact) mass is 490 g/mol. The van der Waals surface area contributed by atoms with Crippen LogP contribution in [-0.4, -0.2) is 54.6 Å². The smallest absolute Gasteiger partial charge is 0.477 e. The molecule has 2 aliphatic heterocycles. The van der Waals surface area contributed by atoms with Crippen LogP contribution in [0.25, 0.3) is 0 Å². The molecule has 2 heterocycles. The number of carboxylic acids is 1. The number of hydrogen-bond acceptors (Lipinski definition) is 6. The zero-order valence-corrected chi connectivity index (χ0v) is 19.0. The minimum atomic E-state index is -4.88. The standard InChI is InChI=1S/C21H25F3N2O6S/c1-4-19(13-14(2)3)17(18(27)28)25-32-20(19)9-11-26(12-10-20)33(29,30)16-7-5-15(6-8-16)31-21(22,23)24/h5-8H,2,4,9-13H2,1,3H3,(H,27,28). The van der Waals surface area contributed by atoms with Crippen molar-refractivity contribution in [3.63, 3.8) is 0 Å². The van der Waals surface area contributed by atoms with Gasteiger partial charge in [-0.1, -0.05) is 17.7 Å². The predicted molar refractivity (Wildman–Crippen MR) is 112 cm³/mol. The number of halogens is 3. The quantitative estimate of drug-likeness (QED) is 0.581. The lowest BCUT2D eigenvalue weighted by molar-refractivity contribution is -0.274. The highest BCUT2D eigenvalue weighted by molar-refractivity contribution is 7.89. The lowest BCUT2D eigenvalue weighted by Gasteiger charge is -2.47. The SMILES string of the molecule is C=C(C)CC1(CC)C(C(=O)O)=NOC12CCN(S(=O)(=O)c1ccc(OC(F)(F)F)cc1)CC2. The molecule has 1 saturated heterocycles. The Hall–Kier alpha value is -2.60. The molecule has 0 bridgehead atoms. The summed E-state index contributed by atoms with van der Waals surface area (Å²) in [6, 6.07) is 3.98. The maximum absolute atomic E-state index is 13.1. The number of allylic oxidation sites excluding steroid dienone is 1. The van der Waals surface area contributed by atoms with E-state index in [2.05, 4.69) is 16.5 Å². The van der Waals surface area contributed by atoms with Crippen molar-refractivity contribution in [3.05, 3.63) is 36.4 Å². The summed E-state index contributed by atoms with van der Waals surface area (Å²) in [7, 11) is -4.00. The zero-order chi connectivity index (χ0) is 24.7. The lowest BCUT2D eigenvalue weighted by Crippen LogP contribution is -2.57. The van der Waals surface area contributed by atoms with E-state index in [1.165, 1.54) is 4.31 Å². The molecule has 1 fully saturated rings. The summed E-state index contributed by atoms with van der Waals surface area (Å²) in [6.07, 6.45) is -3.73. The first-order valence-electron chi connectivity index (χ1n) is 10.3. The molecule has 1 N–H and O–H groups in total. The molecular weight excluding hydrogens is 465 g/mol. The Morgan fingerprint density at radius 2 is 1.85 bits per heavy atom. The average Bonchev–Trinajstić information content (AvgIpc) is 3.01. The molecule has 3 rings (SSSR count). The fraction of sp³-hybridized carbons (Fsp3) is 0.524. The maximum atomic E-state index is 13.1. The first kappa shape index (κ1) is 25.0. The number of hydrogen-bond donors (Lipinski definition) is 1. The predicted octanol–water partition coefficient (Wildman–Crippen LogP) is 3.94. The number of carboxylic acid groups (broad SMARTS) is 1. The summed E-state index contributed by atoms with van der Waals surface area (Å²) in [6.45, 7) is 7.60. The summed E-state index contributed by atoms with van der Waals surface area (Å²) in [4.78, 5) is 17.4. The number of piperidine rings is 1. The normalized spacial score (nSPS) is 23.1. The number of aliphatic carboxylic acids is 1. The first-order valence-corrected chi connectivity index (χ1v) is 11.7. The number of ether oxygens (including phenoxy) is 1. The number of alkyl halides is 3. The Morgan fingerprint density at radius 1 is 1.27 bits per heavy atom. The van der Waals surface area contributed by atoms with Crippen LogP contribution in [0.5, 0.6) is 5.75 Å². The highest BCUT2D eigenvalue weighted by atomic mass is 32.2. The molecule has 12 heteroatoms. The number of sulfonamides is 1. The molecule has 1 aromatic rings. The molecule has 1 spiro atoms. The van der Waals surface area contributed by atoms with Crippen LogP contribution in [0.15, 0.2) is 46.5 Å². The van der Waals surface area contributed by atoms with Crippen LogP contribution in [0, 0.1) is 5.41 Å². The maximum Gasteiger partial charge on any atom is 0.573 e. The van der Waals surface area contributed by atoms with Gasteiger partial charge in [0, 0.05) is 25.9 Å². The van der Waals surface area contributed by atoms with Crippen LogP contribution in [-0.2, 0) is 19.7 Å². The molecule has 2 aliphatic rings.